The lowest BCUT2D eigenvalue weighted by Crippen LogP contribution is -2.52. The summed E-state index contributed by atoms with van der Waals surface area (Å²) in [6.07, 6.45) is -3.34. The van der Waals surface area contributed by atoms with Crippen molar-refractivity contribution in [2.45, 2.75) is 77.7 Å². The van der Waals surface area contributed by atoms with Crippen LogP contribution in [0.5, 0.6) is 0 Å². The van der Waals surface area contributed by atoms with Crippen LogP contribution in [0.4, 0.5) is 13.2 Å². The maximum absolute atomic E-state index is 14.1. The van der Waals surface area contributed by atoms with Crippen LogP contribution in [0.3, 0.4) is 0 Å². The van der Waals surface area contributed by atoms with Gasteiger partial charge < -0.3 is 5.32 Å². The topological polar surface area (TPSA) is 64.9 Å². The molecule has 2 aromatic carbocycles. The summed E-state index contributed by atoms with van der Waals surface area (Å²) in [5.74, 6) is -0.575. The van der Waals surface area contributed by atoms with E-state index in [1.165, 1.54) is 12.1 Å². The van der Waals surface area contributed by atoms with Crippen LogP contribution in [0.2, 0.25) is 0 Å². The molecule has 0 aliphatic heterocycles. The molecule has 0 radical (unpaired) electrons. The summed E-state index contributed by atoms with van der Waals surface area (Å²) >= 11 is 0. The minimum Gasteiger partial charge on any atom is -0.336 e. The van der Waals surface area contributed by atoms with Gasteiger partial charge in [0, 0.05) is 0 Å². The normalized spacial score (nSPS) is 16.6. The van der Waals surface area contributed by atoms with Gasteiger partial charge in [-0.15, -0.1) is 0 Å². The molecule has 0 heterocycles. The minimum absolute atomic E-state index is 0.00997. The van der Waals surface area contributed by atoms with Crippen LogP contribution in [0.15, 0.2) is 36.4 Å². The molecule has 0 bridgehead atoms. The maximum atomic E-state index is 14.1. The lowest BCUT2D eigenvalue weighted by molar-refractivity contribution is -0.161. The Morgan fingerprint density at radius 3 is 2.09 bits per heavy atom. The Kier molecular flexibility index (Phi) is 7.42. The van der Waals surface area contributed by atoms with E-state index in [9.17, 15) is 23.2 Å². The van der Waals surface area contributed by atoms with E-state index >= 15 is 0 Å². The van der Waals surface area contributed by atoms with E-state index in [1.54, 1.807) is 12.1 Å². The lowest BCUT2D eigenvalue weighted by atomic mass is 9.92. The van der Waals surface area contributed by atoms with Crippen LogP contribution in [0, 0.1) is 38.0 Å². The Bertz CT molecular complexity index is 1060. The zero-order chi connectivity index (χ0) is 25.3. The van der Waals surface area contributed by atoms with E-state index in [4.69, 9.17) is 0 Å². The molecule has 1 fully saturated rings. The molecular weight excluding hydrogens is 439 g/mol. The molecule has 1 aliphatic carbocycles. The third-order valence-corrected chi connectivity index (χ3v) is 6.25. The van der Waals surface area contributed by atoms with E-state index in [0.29, 0.717) is 12.8 Å². The molecule has 2 atom stereocenters. The Hall–Kier alpha value is -2.85. The predicted molar refractivity (Wildman–Crippen MR) is 127 cm³/mol. The van der Waals surface area contributed by atoms with Crippen LogP contribution in [-0.2, 0) is 4.79 Å². The predicted octanol–water partition coefficient (Wildman–Crippen LogP) is 6.06. The summed E-state index contributed by atoms with van der Waals surface area (Å²) in [5, 5.41) is 14.5. The Morgan fingerprint density at radius 1 is 1.09 bits per heavy atom. The van der Waals surface area contributed by atoms with Gasteiger partial charge in [-0.3, -0.25) is 10.1 Å². The van der Waals surface area contributed by atoms with Crippen molar-refractivity contribution < 1.29 is 18.0 Å². The lowest BCUT2D eigenvalue weighted by Gasteiger charge is -2.29. The smallest absolute Gasteiger partial charge is 0.336 e. The molecule has 2 aromatic rings. The van der Waals surface area contributed by atoms with E-state index in [0.717, 1.165) is 27.8 Å². The van der Waals surface area contributed by atoms with Crippen LogP contribution in [0.25, 0.3) is 11.1 Å². The molecular formula is C27H32F3N3O. The summed E-state index contributed by atoms with van der Waals surface area (Å²) < 4.78 is 42.4. The highest BCUT2D eigenvalue weighted by atomic mass is 19.4. The number of aryl methyl sites for hydroxylation is 3. The molecule has 0 saturated heterocycles. The number of alkyl halides is 3. The number of carbonyl (C=O) groups excluding carboxylic acids is 1. The third kappa shape index (κ3) is 5.98. The fourth-order valence-corrected chi connectivity index (χ4v) is 4.49. The largest absolute Gasteiger partial charge is 0.407 e. The van der Waals surface area contributed by atoms with Gasteiger partial charge in [0.15, 0.2) is 0 Å². The molecule has 0 unspecified atom stereocenters. The molecule has 34 heavy (non-hydrogen) atoms. The van der Waals surface area contributed by atoms with Gasteiger partial charge in [0.25, 0.3) is 0 Å². The van der Waals surface area contributed by atoms with Gasteiger partial charge in [-0.1, -0.05) is 55.8 Å². The second kappa shape index (κ2) is 9.79. The van der Waals surface area contributed by atoms with E-state index in [-0.39, 0.29) is 17.9 Å². The quantitative estimate of drug-likeness (QED) is 0.492. The number of rotatable bonds is 8. The van der Waals surface area contributed by atoms with Crippen LogP contribution >= 0.6 is 0 Å². The standard InChI is InChI=1S/C27H32F3N3O/c1-16(2)12-22(25(34)33-26(15-31)10-11-26)32-24(27(28,29)30)21-8-6-20(7-9-21)23-18(4)13-17(3)14-19(23)5/h6-9,13-14,16,22,24,32H,10-12H2,1-5H3,(H,33,34)/t22-,24-/m0/s1. The third-order valence-electron chi connectivity index (χ3n) is 6.25. The van der Waals surface area contributed by atoms with Crippen molar-refractivity contribution >= 4 is 5.91 Å². The molecule has 182 valence electrons. The Balaban J connectivity index is 1.89. The summed E-state index contributed by atoms with van der Waals surface area (Å²) in [4.78, 5) is 12.8. The van der Waals surface area contributed by atoms with Crippen LogP contribution in [-0.4, -0.2) is 23.7 Å². The van der Waals surface area contributed by atoms with Gasteiger partial charge in [0.1, 0.15) is 11.6 Å². The van der Waals surface area contributed by atoms with Crippen molar-refractivity contribution in [1.29, 1.82) is 5.26 Å². The summed E-state index contributed by atoms with van der Waals surface area (Å²) in [6.45, 7) is 9.70. The fraction of sp³-hybridized carbons (Fsp3) is 0.481. The first-order valence-electron chi connectivity index (χ1n) is 11.6. The molecule has 3 rings (SSSR count). The number of halogens is 3. The number of hydrogen-bond donors (Lipinski definition) is 2. The number of benzene rings is 2. The summed E-state index contributed by atoms with van der Waals surface area (Å²) in [7, 11) is 0. The molecule has 1 aliphatic rings. The molecule has 7 heteroatoms. The average Bonchev–Trinajstić information content (AvgIpc) is 3.49. The first-order chi connectivity index (χ1) is 15.8. The SMILES string of the molecule is Cc1cc(C)c(-c2ccc([C@H](N[C@@H](CC(C)C)C(=O)NC3(C#N)CC3)C(F)(F)F)cc2)c(C)c1. The van der Waals surface area contributed by atoms with Crippen molar-refractivity contribution in [2.24, 2.45) is 5.92 Å². The van der Waals surface area contributed by atoms with Gasteiger partial charge >= 0.3 is 6.18 Å². The van der Waals surface area contributed by atoms with Gasteiger partial charge in [0.05, 0.1) is 12.1 Å². The summed E-state index contributed by atoms with van der Waals surface area (Å²) in [5.41, 5.74) is 4.23. The van der Waals surface area contributed by atoms with E-state index < -0.39 is 29.7 Å². The Morgan fingerprint density at radius 2 is 1.65 bits per heavy atom. The minimum atomic E-state index is -4.60. The van der Waals surface area contributed by atoms with Gasteiger partial charge in [-0.25, -0.2) is 0 Å². The zero-order valence-electron chi connectivity index (χ0n) is 20.3. The first-order valence-corrected chi connectivity index (χ1v) is 11.6. The molecule has 0 spiro atoms. The van der Waals surface area contributed by atoms with Crippen LogP contribution in [0.1, 0.15) is 61.4 Å². The number of nitrogens with one attached hydrogen (secondary N) is 2. The zero-order valence-corrected chi connectivity index (χ0v) is 20.3. The fourth-order valence-electron chi connectivity index (χ4n) is 4.49. The van der Waals surface area contributed by atoms with Crippen molar-refractivity contribution in [3.8, 4) is 17.2 Å². The molecule has 1 amide bonds. The second-order valence-electron chi connectivity index (χ2n) is 9.90. The second-order valence-corrected chi connectivity index (χ2v) is 9.90. The molecule has 1 saturated carbocycles. The number of amides is 1. The average molecular weight is 472 g/mol. The van der Waals surface area contributed by atoms with Crippen molar-refractivity contribution in [3.05, 3.63) is 58.7 Å². The number of nitrogens with zero attached hydrogens (tertiary/aromatic N) is 1. The van der Waals surface area contributed by atoms with E-state index in [2.05, 4.69) is 28.8 Å². The highest BCUT2D eigenvalue weighted by Crippen LogP contribution is 2.37. The number of hydrogen-bond acceptors (Lipinski definition) is 3. The number of nitriles is 1. The number of carbonyl (C=O) groups is 1. The van der Waals surface area contributed by atoms with Crippen molar-refractivity contribution in [3.63, 3.8) is 0 Å². The highest BCUT2D eigenvalue weighted by molar-refractivity contribution is 5.83. The van der Waals surface area contributed by atoms with E-state index in [1.807, 2.05) is 34.6 Å². The maximum Gasteiger partial charge on any atom is 0.407 e. The first kappa shape index (κ1) is 25.8. The highest BCUT2D eigenvalue weighted by Gasteiger charge is 2.47. The van der Waals surface area contributed by atoms with Crippen LogP contribution < -0.4 is 10.6 Å². The Labute approximate surface area is 199 Å². The molecule has 2 N–H and O–H groups in total. The van der Waals surface area contributed by atoms with Crippen molar-refractivity contribution in [1.82, 2.24) is 10.6 Å². The monoisotopic (exact) mass is 471 g/mol. The van der Waals surface area contributed by atoms with Gasteiger partial charge in [-0.05, 0) is 73.8 Å². The summed E-state index contributed by atoms with van der Waals surface area (Å²) in [6, 6.07) is 9.44. The van der Waals surface area contributed by atoms with Gasteiger partial charge in [-0.2, -0.15) is 18.4 Å². The van der Waals surface area contributed by atoms with Crippen molar-refractivity contribution in [2.75, 3.05) is 0 Å². The molecule has 4 nitrogen and oxygen atoms in total. The van der Waals surface area contributed by atoms with Gasteiger partial charge in [0.2, 0.25) is 5.91 Å². The molecule has 0 aromatic heterocycles.